The normalized spacial score (nSPS) is 15.3. The van der Waals surface area contributed by atoms with Crippen LogP contribution in [0.25, 0.3) is 0 Å². The molecule has 4 unspecified atom stereocenters. The van der Waals surface area contributed by atoms with Crippen molar-refractivity contribution < 1.29 is 30.0 Å². The van der Waals surface area contributed by atoms with Crippen LogP contribution in [-0.4, -0.2) is 80.2 Å². The molecule has 204 valence electrons. The van der Waals surface area contributed by atoms with Crippen LogP contribution in [0.1, 0.15) is 60.7 Å². The molecule has 4 atom stereocenters. The Morgan fingerprint density at radius 3 is 2.24 bits per heavy atom. The minimum Gasteiger partial charge on any atom is -0.390 e. The van der Waals surface area contributed by atoms with Gasteiger partial charge in [-0.2, -0.15) is 11.8 Å². The molecular weight excluding hydrogens is 492 g/mol. The van der Waals surface area contributed by atoms with Crippen LogP contribution in [0.15, 0.2) is 54.6 Å². The van der Waals surface area contributed by atoms with Gasteiger partial charge in [-0.05, 0) is 54.5 Å². The molecule has 0 aromatic heterocycles. The van der Waals surface area contributed by atoms with Crippen molar-refractivity contribution in [3.05, 3.63) is 71.3 Å². The van der Waals surface area contributed by atoms with Gasteiger partial charge in [0.05, 0.1) is 12.5 Å². The Morgan fingerprint density at radius 1 is 1.00 bits per heavy atom. The van der Waals surface area contributed by atoms with Gasteiger partial charge in [0.1, 0.15) is 12.2 Å². The summed E-state index contributed by atoms with van der Waals surface area (Å²) in [6.45, 7) is 5.35. The van der Waals surface area contributed by atoms with Gasteiger partial charge in [-0.1, -0.05) is 56.3 Å². The number of hydrogen-bond donors (Lipinski definition) is 5. The summed E-state index contributed by atoms with van der Waals surface area (Å²) < 4.78 is 0. The first kappa shape index (κ1) is 30.8. The molecule has 2 aromatic carbocycles. The van der Waals surface area contributed by atoms with Crippen molar-refractivity contribution in [2.75, 3.05) is 25.1 Å². The lowest BCUT2D eigenvalue weighted by atomic mass is 9.89. The zero-order valence-electron chi connectivity index (χ0n) is 21.8. The number of benzene rings is 2. The van der Waals surface area contributed by atoms with E-state index in [0.717, 1.165) is 12.8 Å². The van der Waals surface area contributed by atoms with Gasteiger partial charge in [-0.3, -0.25) is 9.59 Å². The van der Waals surface area contributed by atoms with E-state index in [0.29, 0.717) is 24.4 Å². The lowest BCUT2D eigenvalue weighted by molar-refractivity contribution is -0.190. The molecule has 2 aromatic rings. The van der Waals surface area contributed by atoms with Crippen molar-refractivity contribution in [2.24, 2.45) is 0 Å². The highest BCUT2D eigenvalue weighted by molar-refractivity contribution is 7.98. The van der Waals surface area contributed by atoms with Crippen LogP contribution >= 0.6 is 11.8 Å². The standard InChI is InChI=1S/C28H40N2O6S/c1-4-15-30(16-5-2)24(32)19-20-10-9-13-22(18-20)27(35)29-28(36,26(34)23(31)14-17-37-3)25(33)21-11-7-6-8-12-21/h6-13,18,23,25-26,31,33-34,36H,4-5,14-17,19H2,1-3H3,(H,29,35). The Hall–Kier alpha value is -2.43. The van der Waals surface area contributed by atoms with E-state index < -0.39 is 29.9 Å². The van der Waals surface area contributed by atoms with Crippen LogP contribution in [0, 0.1) is 0 Å². The average Bonchev–Trinajstić information content (AvgIpc) is 2.91. The molecule has 9 heteroatoms. The number of nitrogens with one attached hydrogen (secondary N) is 1. The predicted octanol–water partition coefficient (Wildman–Crippen LogP) is 2.50. The van der Waals surface area contributed by atoms with E-state index in [2.05, 4.69) is 5.32 Å². The molecule has 8 nitrogen and oxygen atoms in total. The molecule has 5 N–H and O–H groups in total. The average molecular weight is 533 g/mol. The molecule has 0 saturated carbocycles. The fraction of sp³-hybridized carbons (Fsp3) is 0.500. The minimum absolute atomic E-state index is 0.0374. The first-order chi connectivity index (χ1) is 17.7. The molecule has 37 heavy (non-hydrogen) atoms. The summed E-state index contributed by atoms with van der Waals surface area (Å²) in [5, 5.41) is 46.2. The zero-order valence-corrected chi connectivity index (χ0v) is 22.7. The van der Waals surface area contributed by atoms with E-state index in [1.807, 2.05) is 20.1 Å². The number of aliphatic hydroxyl groups is 4. The maximum Gasteiger partial charge on any atom is 0.253 e. The Kier molecular flexibility index (Phi) is 12.6. The van der Waals surface area contributed by atoms with Gasteiger partial charge in [0.2, 0.25) is 5.91 Å². The lowest BCUT2D eigenvalue weighted by Gasteiger charge is -2.39. The largest absolute Gasteiger partial charge is 0.390 e. The van der Waals surface area contributed by atoms with Crippen molar-refractivity contribution in [1.82, 2.24) is 10.2 Å². The third-order valence-corrected chi connectivity index (χ3v) is 6.81. The van der Waals surface area contributed by atoms with E-state index in [1.165, 1.54) is 17.8 Å². The lowest BCUT2D eigenvalue weighted by Crippen LogP contribution is -2.63. The number of hydrogen-bond acceptors (Lipinski definition) is 7. The number of carbonyl (C=O) groups excluding carboxylic acids is 2. The Morgan fingerprint density at radius 2 is 1.65 bits per heavy atom. The number of nitrogens with zero attached hydrogens (tertiary/aromatic N) is 1. The summed E-state index contributed by atoms with van der Waals surface area (Å²) in [4.78, 5) is 27.8. The van der Waals surface area contributed by atoms with Gasteiger partial charge < -0.3 is 30.6 Å². The number of rotatable bonds is 15. The second kappa shape index (κ2) is 15.1. The molecule has 0 heterocycles. The van der Waals surface area contributed by atoms with Crippen LogP contribution in [-0.2, 0) is 11.2 Å². The summed E-state index contributed by atoms with van der Waals surface area (Å²) in [5.74, 6) is -0.293. The molecule has 0 spiro atoms. The molecule has 0 aliphatic carbocycles. The third kappa shape index (κ3) is 8.55. The SMILES string of the molecule is CCCN(CCC)C(=O)Cc1cccc(C(=O)NC(O)(C(O)c2ccccc2)C(O)C(O)CCSC)c1. The molecule has 0 aliphatic rings. The summed E-state index contributed by atoms with van der Waals surface area (Å²) in [7, 11) is 0. The summed E-state index contributed by atoms with van der Waals surface area (Å²) in [5.41, 5.74) is -1.55. The maximum atomic E-state index is 13.2. The van der Waals surface area contributed by atoms with Crippen molar-refractivity contribution in [3.63, 3.8) is 0 Å². The van der Waals surface area contributed by atoms with Gasteiger partial charge in [0.15, 0.2) is 5.72 Å². The molecular formula is C28H40N2O6S. The molecule has 0 fully saturated rings. The van der Waals surface area contributed by atoms with E-state index in [9.17, 15) is 30.0 Å². The number of aliphatic hydroxyl groups excluding tert-OH is 3. The van der Waals surface area contributed by atoms with Gasteiger partial charge in [0, 0.05) is 18.7 Å². The van der Waals surface area contributed by atoms with Gasteiger partial charge in [-0.25, -0.2) is 0 Å². The summed E-state index contributed by atoms with van der Waals surface area (Å²) >= 11 is 1.45. The summed E-state index contributed by atoms with van der Waals surface area (Å²) in [6.07, 6.45) is -1.20. The number of amides is 2. The van der Waals surface area contributed by atoms with Crippen molar-refractivity contribution in [2.45, 2.75) is 63.6 Å². The smallest absolute Gasteiger partial charge is 0.253 e. The molecule has 0 bridgehead atoms. The van der Waals surface area contributed by atoms with Crippen molar-refractivity contribution in [3.8, 4) is 0 Å². The highest BCUT2D eigenvalue weighted by atomic mass is 32.2. The van der Waals surface area contributed by atoms with E-state index >= 15 is 0 Å². The fourth-order valence-corrected chi connectivity index (χ4v) is 4.62. The maximum absolute atomic E-state index is 13.2. The Labute approximate surface area is 223 Å². The first-order valence-electron chi connectivity index (χ1n) is 12.7. The molecule has 0 aliphatic heterocycles. The molecule has 0 radical (unpaired) electrons. The third-order valence-electron chi connectivity index (χ3n) is 6.16. The first-order valence-corrected chi connectivity index (χ1v) is 14.1. The second-order valence-electron chi connectivity index (χ2n) is 9.14. The van der Waals surface area contributed by atoms with Crippen LogP contribution in [0.3, 0.4) is 0 Å². The number of carbonyl (C=O) groups is 2. The number of thioether (sulfide) groups is 1. The van der Waals surface area contributed by atoms with Gasteiger partial charge >= 0.3 is 0 Å². The van der Waals surface area contributed by atoms with E-state index in [-0.39, 0.29) is 29.9 Å². The predicted molar refractivity (Wildman–Crippen MR) is 146 cm³/mol. The highest BCUT2D eigenvalue weighted by Crippen LogP contribution is 2.30. The second-order valence-corrected chi connectivity index (χ2v) is 10.1. The summed E-state index contributed by atoms with van der Waals surface area (Å²) in [6, 6.07) is 14.6. The topological polar surface area (TPSA) is 130 Å². The van der Waals surface area contributed by atoms with Crippen LogP contribution in [0.2, 0.25) is 0 Å². The zero-order chi connectivity index (χ0) is 27.4. The Balaban J connectivity index is 2.30. The molecule has 2 rings (SSSR count). The van der Waals surface area contributed by atoms with E-state index in [1.54, 1.807) is 53.4 Å². The fourth-order valence-electron chi connectivity index (χ4n) is 4.15. The van der Waals surface area contributed by atoms with Crippen LogP contribution in [0.5, 0.6) is 0 Å². The van der Waals surface area contributed by atoms with E-state index in [4.69, 9.17) is 0 Å². The van der Waals surface area contributed by atoms with Crippen LogP contribution in [0.4, 0.5) is 0 Å². The van der Waals surface area contributed by atoms with Crippen molar-refractivity contribution >= 4 is 23.6 Å². The van der Waals surface area contributed by atoms with Gasteiger partial charge in [-0.15, -0.1) is 0 Å². The highest BCUT2D eigenvalue weighted by Gasteiger charge is 2.48. The minimum atomic E-state index is -2.58. The molecule has 0 saturated heterocycles. The molecule has 2 amide bonds. The Bertz CT molecular complexity index is 986. The van der Waals surface area contributed by atoms with Crippen molar-refractivity contribution in [1.29, 1.82) is 0 Å². The quantitative estimate of drug-likeness (QED) is 0.223. The van der Waals surface area contributed by atoms with Gasteiger partial charge in [0.25, 0.3) is 5.91 Å². The van der Waals surface area contributed by atoms with Crippen LogP contribution < -0.4 is 5.32 Å². The monoisotopic (exact) mass is 532 g/mol.